The van der Waals surface area contributed by atoms with Crippen LogP contribution in [0.4, 0.5) is 0 Å². The number of furan rings is 1. The van der Waals surface area contributed by atoms with E-state index < -0.39 is 99.4 Å². The summed E-state index contributed by atoms with van der Waals surface area (Å²) in [6.45, 7) is 7.79. The zero-order valence-corrected chi connectivity index (χ0v) is 25.2. The smallest absolute Gasteiger partial charge is 0.335 e. The lowest BCUT2D eigenvalue weighted by Gasteiger charge is -2.72. The zero-order chi connectivity index (χ0) is 31.5. The van der Waals surface area contributed by atoms with Gasteiger partial charge in [-0.3, -0.25) is 14.4 Å². The topological polar surface area (TPSA) is 179 Å². The number of methoxy groups -OCH3 is 1. The summed E-state index contributed by atoms with van der Waals surface area (Å²) in [5.41, 5.74) is -6.50. The number of hydrogen-bond donors (Lipinski definition) is 3. The second-order valence-corrected chi connectivity index (χ2v) is 14.1. The number of carbonyl (C=O) groups excluding carboxylic acids is 4. The number of esters is 4. The van der Waals surface area contributed by atoms with Crippen molar-refractivity contribution in [3.8, 4) is 0 Å². The van der Waals surface area contributed by atoms with E-state index in [-0.39, 0.29) is 19.3 Å². The molecule has 2 heterocycles. The third-order valence-electron chi connectivity index (χ3n) is 12.3. The van der Waals surface area contributed by atoms with E-state index in [2.05, 4.69) is 0 Å². The van der Waals surface area contributed by atoms with Crippen molar-refractivity contribution in [1.82, 2.24) is 0 Å². The van der Waals surface area contributed by atoms with Gasteiger partial charge in [0.2, 0.25) is 0 Å². The molecule has 6 rings (SSSR count). The Morgan fingerprint density at radius 2 is 1.67 bits per heavy atom. The number of aliphatic hydroxyl groups is 3. The largest absolute Gasteiger partial charge is 0.472 e. The second kappa shape index (κ2) is 9.28. The van der Waals surface area contributed by atoms with Gasteiger partial charge in [0.05, 0.1) is 37.6 Å². The van der Waals surface area contributed by atoms with E-state index in [0.717, 1.165) is 7.11 Å². The van der Waals surface area contributed by atoms with Crippen molar-refractivity contribution in [2.75, 3.05) is 7.11 Å². The molecular weight excluding hydrogens is 564 g/mol. The molecule has 0 aromatic carbocycles. The number of rotatable bonds is 5. The molecule has 5 fully saturated rings. The molecule has 5 aliphatic rings. The Labute approximate surface area is 249 Å². The Balaban J connectivity index is 1.61. The van der Waals surface area contributed by atoms with Gasteiger partial charge in [-0.2, -0.15) is 0 Å². The van der Waals surface area contributed by atoms with E-state index in [4.69, 9.17) is 23.4 Å². The summed E-state index contributed by atoms with van der Waals surface area (Å²) in [7, 11) is 1.15. The number of hydrogen-bond acceptors (Lipinski definition) is 12. The number of cyclic esters (lactones) is 1. The Morgan fingerprint density at radius 3 is 2.26 bits per heavy atom. The summed E-state index contributed by atoms with van der Waals surface area (Å²) >= 11 is 0. The van der Waals surface area contributed by atoms with E-state index in [1.165, 1.54) is 26.4 Å². The molecule has 4 aliphatic carbocycles. The quantitative estimate of drug-likeness (QED) is 0.328. The molecule has 236 valence electrons. The van der Waals surface area contributed by atoms with Crippen molar-refractivity contribution >= 4 is 23.9 Å². The number of aliphatic hydroxyl groups excluding tert-OH is 1. The molecule has 0 radical (unpaired) electrons. The van der Waals surface area contributed by atoms with E-state index in [0.29, 0.717) is 12.0 Å². The van der Waals surface area contributed by atoms with Crippen molar-refractivity contribution in [3.63, 3.8) is 0 Å². The highest BCUT2D eigenvalue weighted by molar-refractivity contribution is 5.76. The summed E-state index contributed by atoms with van der Waals surface area (Å²) in [6, 6.07) is 1.69. The van der Waals surface area contributed by atoms with Crippen LogP contribution in [0.1, 0.15) is 72.0 Å². The monoisotopic (exact) mass is 604 g/mol. The van der Waals surface area contributed by atoms with Crippen LogP contribution in [0.25, 0.3) is 0 Å². The first-order valence-corrected chi connectivity index (χ1v) is 14.8. The summed E-state index contributed by atoms with van der Waals surface area (Å²) < 4.78 is 27.9. The van der Waals surface area contributed by atoms with E-state index >= 15 is 0 Å². The van der Waals surface area contributed by atoms with Gasteiger partial charge in [-0.05, 0) is 25.3 Å². The van der Waals surface area contributed by atoms with Crippen LogP contribution >= 0.6 is 0 Å². The van der Waals surface area contributed by atoms with Gasteiger partial charge >= 0.3 is 23.9 Å². The molecule has 0 amide bonds. The third kappa shape index (κ3) is 3.54. The highest BCUT2D eigenvalue weighted by Crippen LogP contribution is 2.81. The van der Waals surface area contributed by atoms with Gasteiger partial charge in [-0.25, -0.2) is 4.79 Å². The first-order valence-electron chi connectivity index (χ1n) is 14.8. The van der Waals surface area contributed by atoms with Crippen LogP contribution in [0.3, 0.4) is 0 Å². The lowest BCUT2D eigenvalue weighted by atomic mass is 9.36. The maximum Gasteiger partial charge on any atom is 0.335 e. The molecule has 12 heteroatoms. The van der Waals surface area contributed by atoms with Crippen LogP contribution in [-0.4, -0.2) is 75.8 Å². The maximum atomic E-state index is 13.3. The first kappa shape index (κ1) is 30.1. The van der Waals surface area contributed by atoms with Gasteiger partial charge in [0.15, 0.2) is 6.10 Å². The lowest BCUT2D eigenvalue weighted by Crippen LogP contribution is -2.81. The lowest BCUT2D eigenvalue weighted by molar-refractivity contribution is -0.357. The number of carbonyl (C=O) groups is 4. The molecule has 1 aliphatic heterocycles. The van der Waals surface area contributed by atoms with Crippen molar-refractivity contribution in [1.29, 1.82) is 0 Å². The van der Waals surface area contributed by atoms with Gasteiger partial charge in [0.25, 0.3) is 0 Å². The molecule has 13 atom stereocenters. The second-order valence-electron chi connectivity index (χ2n) is 14.1. The van der Waals surface area contributed by atoms with Crippen LogP contribution in [0.5, 0.6) is 0 Å². The standard InChI is InChI=1S/C31H40O12/c1-14(32)41-24-20-25(42-15(2)33)31(38)17(29(5)22(21(35)26(36)39-6)28(24,4)13-30(20,29)37)7-9-27(3)18(31)11-19(34)43-23(27)16-8-10-40-12-16/h8,10,12,17-18,20-25,35,37-38H,7,9,11,13H2,1-6H3/t17-,18-,20+,21+,22+,23+,24-,25-,27-,28-,29-,30+,31-/m1/s1. The fraction of sp³-hybridized carbons (Fsp3) is 0.742. The van der Waals surface area contributed by atoms with E-state index in [1.54, 1.807) is 19.9 Å². The molecule has 1 aromatic rings. The van der Waals surface area contributed by atoms with Crippen molar-refractivity contribution in [2.45, 2.75) is 95.9 Å². The minimum atomic E-state index is -1.97. The van der Waals surface area contributed by atoms with Crippen LogP contribution in [0.15, 0.2) is 23.0 Å². The molecule has 0 spiro atoms. The highest BCUT2D eigenvalue weighted by atomic mass is 16.6. The first-order chi connectivity index (χ1) is 20.0. The van der Waals surface area contributed by atoms with E-state index in [9.17, 15) is 34.5 Å². The molecule has 3 N–H and O–H groups in total. The van der Waals surface area contributed by atoms with Gasteiger partial charge in [-0.15, -0.1) is 0 Å². The molecule has 2 bridgehead atoms. The molecule has 12 nitrogen and oxygen atoms in total. The Bertz CT molecular complexity index is 1360. The Kier molecular flexibility index (Phi) is 6.49. The van der Waals surface area contributed by atoms with Crippen molar-refractivity contribution < 1.29 is 57.9 Å². The van der Waals surface area contributed by atoms with Crippen LogP contribution in [0, 0.1) is 39.9 Å². The number of fused-ring (bicyclic) bond motifs is 5. The van der Waals surface area contributed by atoms with Gasteiger partial charge in [-0.1, -0.05) is 20.8 Å². The summed E-state index contributed by atoms with van der Waals surface area (Å²) in [6.07, 6.45) is -1.61. The average Bonchev–Trinajstić information content (AvgIpc) is 3.57. The van der Waals surface area contributed by atoms with Gasteiger partial charge in [0, 0.05) is 53.4 Å². The predicted molar refractivity (Wildman–Crippen MR) is 143 cm³/mol. The Morgan fingerprint density at radius 1 is 1.02 bits per heavy atom. The van der Waals surface area contributed by atoms with Gasteiger partial charge < -0.3 is 38.7 Å². The third-order valence-corrected chi connectivity index (χ3v) is 12.3. The molecule has 43 heavy (non-hydrogen) atoms. The fourth-order valence-corrected chi connectivity index (χ4v) is 11.0. The summed E-state index contributed by atoms with van der Waals surface area (Å²) in [5, 5.41) is 37.6. The molecule has 0 unspecified atom stereocenters. The minimum Gasteiger partial charge on any atom is -0.472 e. The normalized spacial score (nSPS) is 48.4. The average molecular weight is 605 g/mol. The molecule has 1 aromatic heterocycles. The summed E-state index contributed by atoms with van der Waals surface area (Å²) in [5.74, 6) is -6.77. The predicted octanol–water partition coefficient (Wildman–Crippen LogP) is 1.84. The molecular formula is C31H40O12. The molecule has 4 saturated carbocycles. The maximum absolute atomic E-state index is 13.3. The highest BCUT2D eigenvalue weighted by Gasteiger charge is 2.89. The van der Waals surface area contributed by atoms with E-state index in [1.807, 2.05) is 6.92 Å². The van der Waals surface area contributed by atoms with Gasteiger partial charge in [0.1, 0.15) is 23.9 Å². The molecule has 1 saturated heterocycles. The van der Waals surface area contributed by atoms with Crippen molar-refractivity contribution in [2.24, 2.45) is 39.9 Å². The van der Waals surface area contributed by atoms with Crippen LogP contribution in [0.2, 0.25) is 0 Å². The van der Waals surface area contributed by atoms with Crippen LogP contribution < -0.4 is 0 Å². The van der Waals surface area contributed by atoms with Crippen molar-refractivity contribution in [3.05, 3.63) is 24.2 Å². The SMILES string of the molecule is COC(=O)[C@@H](O)[C@H]1[C@@]2(C)C[C@]3(O)[C@@H]([C@H]2OC(C)=O)[C@@H](OC(C)=O)[C@]2(O)[C@@H]4CC(=O)O[C@@H](c5ccoc5)[C@]4(C)CC[C@@H]2[C@]13C. The summed E-state index contributed by atoms with van der Waals surface area (Å²) in [4.78, 5) is 51.4. The number of ether oxygens (including phenoxy) is 4. The fourth-order valence-electron chi connectivity index (χ4n) is 11.0. The Hall–Kier alpha value is -2.96. The minimum absolute atomic E-state index is 0.00377. The van der Waals surface area contributed by atoms with Crippen LogP contribution in [-0.2, 0) is 38.1 Å². The zero-order valence-electron chi connectivity index (χ0n) is 25.2.